The van der Waals surface area contributed by atoms with Crippen LogP contribution in [0.5, 0.6) is 0 Å². The van der Waals surface area contributed by atoms with Crippen molar-refractivity contribution < 1.29 is 0 Å². The number of rotatable bonds is 4. The van der Waals surface area contributed by atoms with Crippen LogP contribution in [0, 0.1) is 0 Å². The molecule has 4 rings (SSSR count). The normalized spacial score (nSPS) is 17.0. The van der Waals surface area contributed by atoms with Crippen molar-refractivity contribution >= 4 is 33.2 Å². The summed E-state index contributed by atoms with van der Waals surface area (Å²) in [7, 11) is 1.88. The Morgan fingerprint density at radius 3 is 2.56 bits per heavy atom. The topological polar surface area (TPSA) is 57.2 Å². The highest BCUT2D eigenvalue weighted by Gasteiger charge is 2.23. The highest BCUT2D eigenvalue weighted by molar-refractivity contribution is 7.16. The number of aromatic nitrogens is 3. The molecule has 1 atom stereocenters. The van der Waals surface area contributed by atoms with Crippen LogP contribution < -0.4 is 10.2 Å². The molecule has 2 aromatic heterocycles. The summed E-state index contributed by atoms with van der Waals surface area (Å²) in [6.07, 6.45) is 3.67. The summed E-state index contributed by atoms with van der Waals surface area (Å²) in [5.74, 6) is 0.817. The summed E-state index contributed by atoms with van der Waals surface area (Å²) in [6, 6.07) is 7.02. The number of nitrogens with one attached hydrogen (secondary N) is 1. The molecule has 130 valence electrons. The smallest absolute Gasteiger partial charge is 0.225 e. The van der Waals surface area contributed by atoms with E-state index >= 15 is 0 Å². The molecule has 3 aromatic rings. The SMILES string of the molecule is CNc1cnc(N2CCN(C(C)c3ccc4ncsc4c3)CC2)nc1. The molecule has 25 heavy (non-hydrogen) atoms. The molecule has 0 saturated carbocycles. The van der Waals surface area contributed by atoms with Crippen LogP contribution in [0.3, 0.4) is 0 Å². The molecule has 1 saturated heterocycles. The second-order valence-corrected chi connectivity index (χ2v) is 7.19. The van der Waals surface area contributed by atoms with Gasteiger partial charge in [-0.25, -0.2) is 15.0 Å². The molecular formula is C18H22N6S. The fourth-order valence-corrected chi connectivity index (χ4v) is 3.99. The van der Waals surface area contributed by atoms with Gasteiger partial charge in [0, 0.05) is 39.3 Å². The first-order valence-electron chi connectivity index (χ1n) is 8.56. The predicted octanol–water partition coefficient (Wildman–Crippen LogP) is 3.01. The maximum atomic E-state index is 4.46. The van der Waals surface area contributed by atoms with Crippen LogP contribution in [-0.2, 0) is 0 Å². The molecule has 1 aliphatic rings. The van der Waals surface area contributed by atoms with E-state index in [4.69, 9.17) is 0 Å². The van der Waals surface area contributed by atoms with Gasteiger partial charge in [0.05, 0.1) is 33.8 Å². The molecule has 3 heterocycles. The van der Waals surface area contributed by atoms with Crippen molar-refractivity contribution in [2.75, 3.05) is 43.4 Å². The van der Waals surface area contributed by atoms with Crippen LogP contribution in [0.15, 0.2) is 36.1 Å². The average Bonchev–Trinajstić information content (AvgIpc) is 3.15. The summed E-state index contributed by atoms with van der Waals surface area (Å²) < 4.78 is 1.26. The van der Waals surface area contributed by atoms with Gasteiger partial charge in [-0.2, -0.15) is 0 Å². The quantitative estimate of drug-likeness (QED) is 0.777. The molecule has 1 aromatic carbocycles. The maximum absolute atomic E-state index is 4.46. The molecule has 0 aliphatic carbocycles. The zero-order valence-electron chi connectivity index (χ0n) is 14.5. The van der Waals surface area contributed by atoms with Crippen molar-refractivity contribution in [3.63, 3.8) is 0 Å². The van der Waals surface area contributed by atoms with E-state index in [1.54, 1.807) is 11.3 Å². The minimum absolute atomic E-state index is 0.404. The van der Waals surface area contributed by atoms with Crippen LogP contribution in [0.25, 0.3) is 10.2 Å². The van der Waals surface area contributed by atoms with Crippen molar-refractivity contribution in [3.8, 4) is 0 Å². The Kier molecular flexibility index (Phi) is 4.50. The van der Waals surface area contributed by atoms with Gasteiger partial charge in [0.25, 0.3) is 0 Å². The van der Waals surface area contributed by atoms with Gasteiger partial charge in [-0.3, -0.25) is 4.90 Å². The number of anilines is 2. The van der Waals surface area contributed by atoms with Crippen LogP contribution >= 0.6 is 11.3 Å². The lowest BCUT2D eigenvalue weighted by atomic mass is 10.1. The Bertz CT molecular complexity index is 838. The molecule has 1 unspecified atom stereocenters. The second kappa shape index (κ2) is 6.93. The molecule has 0 amide bonds. The lowest BCUT2D eigenvalue weighted by Crippen LogP contribution is -2.47. The van der Waals surface area contributed by atoms with Gasteiger partial charge >= 0.3 is 0 Å². The largest absolute Gasteiger partial charge is 0.386 e. The number of fused-ring (bicyclic) bond motifs is 1. The third-order valence-electron chi connectivity index (χ3n) is 4.91. The molecule has 1 N–H and O–H groups in total. The third kappa shape index (κ3) is 3.29. The maximum Gasteiger partial charge on any atom is 0.225 e. The Morgan fingerprint density at radius 1 is 1.08 bits per heavy atom. The standard InChI is InChI=1S/C18H22N6S/c1-13(14-3-4-16-17(9-14)25-12-22-16)23-5-7-24(8-6-23)18-20-10-15(19-2)11-21-18/h3-4,9-13,19H,5-8H2,1-2H3. The molecule has 1 fully saturated rings. The first-order chi connectivity index (χ1) is 12.2. The van der Waals surface area contributed by atoms with Gasteiger partial charge in [-0.05, 0) is 24.6 Å². The van der Waals surface area contributed by atoms with E-state index < -0.39 is 0 Å². The first kappa shape index (κ1) is 16.2. The number of thiazole rings is 1. The van der Waals surface area contributed by atoms with Gasteiger partial charge in [-0.15, -0.1) is 11.3 Å². The van der Waals surface area contributed by atoms with Crippen molar-refractivity contribution in [2.45, 2.75) is 13.0 Å². The Balaban J connectivity index is 1.41. The molecule has 0 spiro atoms. The Hall–Kier alpha value is -2.25. The second-order valence-electron chi connectivity index (χ2n) is 6.30. The Labute approximate surface area is 151 Å². The first-order valence-corrected chi connectivity index (χ1v) is 9.44. The lowest BCUT2D eigenvalue weighted by Gasteiger charge is -2.38. The van der Waals surface area contributed by atoms with Gasteiger partial charge < -0.3 is 10.2 Å². The van der Waals surface area contributed by atoms with E-state index in [2.05, 4.69) is 55.2 Å². The van der Waals surface area contributed by atoms with Crippen molar-refractivity contribution in [1.82, 2.24) is 19.9 Å². The van der Waals surface area contributed by atoms with E-state index in [9.17, 15) is 0 Å². The molecule has 7 heteroatoms. The van der Waals surface area contributed by atoms with E-state index in [0.717, 1.165) is 43.3 Å². The fraction of sp³-hybridized carbons (Fsp3) is 0.389. The molecule has 1 aliphatic heterocycles. The van der Waals surface area contributed by atoms with Crippen LogP contribution in [-0.4, -0.2) is 53.1 Å². The fourth-order valence-electron chi connectivity index (χ4n) is 3.27. The number of benzene rings is 1. The number of hydrogen-bond donors (Lipinski definition) is 1. The Morgan fingerprint density at radius 2 is 1.84 bits per heavy atom. The van der Waals surface area contributed by atoms with Crippen LogP contribution in [0.2, 0.25) is 0 Å². The summed E-state index contributed by atoms with van der Waals surface area (Å²) in [6.45, 7) is 6.21. The van der Waals surface area contributed by atoms with E-state index in [0.29, 0.717) is 6.04 Å². The third-order valence-corrected chi connectivity index (χ3v) is 5.70. The number of nitrogens with zero attached hydrogens (tertiary/aromatic N) is 5. The van der Waals surface area contributed by atoms with E-state index in [1.807, 2.05) is 25.0 Å². The van der Waals surface area contributed by atoms with Crippen LogP contribution in [0.4, 0.5) is 11.6 Å². The minimum atomic E-state index is 0.404. The van der Waals surface area contributed by atoms with Crippen molar-refractivity contribution in [1.29, 1.82) is 0 Å². The summed E-state index contributed by atoms with van der Waals surface area (Å²) in [5.41, 5.74) is 5.30. The zero-order valence-corrected chi connectivity index (χ0v) is 15.3. The van der Waals surface area contributed by atoms with Gasteiger partial charge in [0.15, 0.2) is 0 Å². The average molecular weight is 354 g/mol. The van der Waals surface area contributed by atoms with Gasteiger partial charge in [-0.1, -0.05) is 6.07 Å². The molecule has 6 nitrogen and oxygen atoms in total. The summed E-state index contributed by atoms with van der Waals surface area (Å²) in [5, 5.41) is 3.05. The van der Waals surface area contributed by atoms with Gasteiger partial charge in [0.2, 0.25) is 5.95 Å². The number of hydrogen-bond acceptors (Lipinski definition) is 7. The monoisotopic (exact) mass is 354 g/mol. The van der Waals surface area contributed by atoms with Crippen molar-refractivity contribution in [2.24, 2.45) is 0 Å². The highest BCUT2D eigenvalue weighted by atomic mass is 32.1. The highest BCUT2D eigenvalue weighted by Crippen LogP contribution is 2.27. The molecule has 0 radical (unpaired) electrons. The van der Waals surface area contributed by atoms with E-state index in [1.165, 1.54) is 10.3 Å². The zero-order chi connectivity index (χ0) is 17.2. The predicted molar refractivity (Wildman–Crippen MR) is 103 cm³/mol. The number of piperazine rings is 1. The summed E-state index contributed by atoms with van der Waals surface area (Å²) in [4.78, 5) is 18.1. The molecular weight excluding hydrogens is 332 g/mol. The van der Waals surface area contributed by atoms with E-state index in [-0.39, 0.29) is 0 Å². The lowest BCUT2D eigenvalue weighted by molar-refractivity contribution is 0.198. The minimum Gasteiger partial charge on any atom is -0.386 e. The summed E-state index contributed by atoms with van der Waals surface area (Å²) >= 11 is 1.71. The van der Waals surface area contributed by atoms with Crippen molar-refractivity contribution in [3.05, 3.63) is 41.7 Å². The van der Waals surface area contributed by atoms with Gasteiger partial charge in [0.1, 0.15) is 0 Å². The van der Waals surface area contributed by atoms with Crippen LogP contribution in [0.1, 0.15) is 18.5 Å². The molecule has 0 bridgehead atoms.